The Bertz CT molecular complexity index is 465. The van der Waals surface area contributed by atoms with Crippen molar-refractivity contribution in [1.29, 1.82) is 0 Å². The van der Waals surface area contributed by atoms with Crippen LogP contribution in [0, 0.1) is 5.82 Å². The molecule has 0 aliphatic carbocycles. The SMILES string of the molecule is CCNC(=O)NC(=O)CN(CC)Cc1cccc(F)c1. The van der Waals surface area contributed by atoms with E-state index in [0.29, 0.717) is 19.6 Å². The van der Waals surface area contributed by atoms with E-state index in [9.17, 15) is 14.0 Å². The van der Waals surface area contributed by atoms with Crippen molar-refractivity contribution in [3.63, 3.8) is 0 Å². The summed E-state index contributed by atoms with van der Waals surface area (Å²) in [7, 11) is 0. The molecule has 0 aliphatic rings. The van der Waals surface area contributed by atoms with Crippen molar-refractivity contribution in [2.45, 2.75) is 20.4 Å². The van der Waals surface area contributed by atoms with Gasteiger partial charge in [0.15, 0.2) is 0 Å². The highest BCUT2D eigenvalue weighted by Gasteiger charge is 2.12. The van der Waals surface area contributed by atoms with Crippen LogP contribution in [0.2, 0.25) is 0 Å². The average molecular weight is 281 g/mol. The lowest BCUT2D eigenvalue weighted by molar-refractivity contribution is -0.121. The van der Waals surface area contributed by atoms with Crippen LogP contribution in [0.25, 0.3) is 0 Å². The van der Waals surface area contributed by atoms with Crippen molar-refractivity contribution >= 4 is 11.9 Å². The van der Waals surface area contributed by atoms with E-state index in [2.05, 4.69) is 10.6 Å². The van der Waals surface area contributed by atoms with Crippen molar-refractivity contribution in [3.05, 3.63) is 35.6 Å². The number of rotatable bonds is 6. The molecular weight excluding hydrogens is 261 g/mol. The third-order valence-electron chi connectivity index (χ3n) is 2.70. The number of nitrogens with zero attached hydrogens (tertiary/aromatic N) is 1. The predicted molar refractivity (Wildman–Crippen MR) is 74.6 cm³/mol. The van der Waals surface area contributed by atoms with Crippen LogP contribution >= 0.6 is 0 Å². The van der Waals surface area contributed by atoms with Gasteiger partial charge in [-0.2, -0.15) is 0 Å². The lowest BCUT2D eigenvalue weighted by Gasteiger charge is -2.19. The van der Waals surface area contributed by atoms with E-state index in [-0.39, 0.29) is 18.3 Å². The number of nitrogens with one attached hydrogen (secondary N) is 2. The fraction of sp³-hybridized carbons (Fsp3) is 0.429. The summed E-state index contributed by atoms with van der Waals surface area (Å²) in [6.45, 7) is 5.30. The zero-order chi connectivity index (χ0) is 15.0. The molecule has 6 heteroatoms. The van der Waals surface area contributed by atoms with E-state index in [4.69, 9.17) is 0 Å². The number of carbonyl (C=O) groups is 2. The molecule has 5 nitrogen and oxygen atoms in total. The molecule has 0 fully saturated rings. The van der Waals surface area contributed by atoms with Crippen molar-refractivity contribution < 1.29 is 14.0 Å². The van der Waals surface area contributed by atoms with Crippen molar-refractivity contribution in [2.24, 2.45) is 0 Å². The maximum Gasteiger partial charge on any atom is 0.321 e. The minimum atomic E-state index is -0.501. The summed E-state index contributed by atoms with van der Waals surface area (Å²) in [6, 6.07) is 5.74. The highest BCUT2D eigenvalue weighted by Crippen LogP contribution is 2.06. The molecule has 2 N–H and O–H groups in total. The van der Waals surface area contributed by atoms with Gasteiger partial charge in [0.25, 0.3) is 0 Å². The maximum atomic E-state index is 13.1. The van der Waals surface area contributed by atoms with Gasteiger partial charge in [0.05, 0.1) is 6.54 Å². The van der Waals surface area contributed by atoms with Crippen molar-refractivity contribution in [3.8, 4) is 0 Å². The number of halogens is 1. The van der Waals surface area contributed by atoms with Gasteiger partial charge in [0.1, 0.15) is 5.82 Å². The molecule has 0 saturated heterocycles. The summed E-state index contributed by atoms with van der Waals surface area (Å²) in [6.07, 6.45) is 0. The second kappa shape index (κ2) is 8.27. The molecule has 0 spiro atoms. The molecular formula is C14H20FN3O2. The van der Waals surface area contributed by atoms with Crippen LogP contribution in [0.4, 0.5) is 9.18 Å². The summed E-state index contributed by atoms with van der Waals surface area (Å²) >= 11 is 0. The Kier molecular flexibility index (Phi) is 6.66. The summed E-state index contributed by atoms with van der Waals surface area (Å²) < 4.78 is 13.1. The molecule has 20 heavy (non-hydrogen) atoms. The molecule has 0 saturated carbocycles. The largest absolute Gasteiger partial charge is 0.338 e. The van der Waals surface area contributed by atoms with Gasteiger partial charge in [-0.25, -0.2) is 9.18 Å². The number of carbonyl (C=O) groups excluding carboxylic acids is 2. The number of urea groups is 1. The molecule has 0 radical (unpaired) electrons. The number of amides is 3. The lowest BCUT2D eigenvalue weighted by Crippen LogP contribution is -2.44. The topological polar surface area (TPSA) is 61.4 Å². The van der Waals surface area contributed by atoms with Gasteiger partial charge in [-0.1, -0.05) is 19.1 Å². The summed E-state index contributed by atoms with van der Waals surface area (Å²) in [5.74, 6) is -0.681. The van der Waals surface area contributed by atoms with E-state index in [0.717, 1.165) is 5.56 Å². The molecule has 0 aromatic heterocycles. The Hall–Kier alpha value is -1.95. The van der Waals surface area contributed by atoms with Gasteiger partial charge in [0.2, 0.25) is 5.91 Å². The van der Waals surface area contributed by atoms with Gasteiger partial charge in [-0.15, -0.1) is 0 Å². The summed E-state index contributed by atoms with van der Waals surface area (Å²) in [4.78, 5) is 24.7. The van der Waals surface area contributed by atoms with Gasteiger partial charge in [0, 0.05) is 13.1 Å². The van der Waals surface area contributed by atoms with Crippen LogP contribution in [0.3, 0.4) is 0 Å². The molecule has 0 unspecified atom stereocenters. The second-order valence-electron chi connectivity index (χ2n) is 4.34. The Balaban J connectivity index is 2.50. The highest BCUT2D eigenvalue weighted by molar-refractivity contribution is 5.95. The molecule has 3 amide bonds. The first kappa shape index (κ1) is 16.1. The van der Waals surface area contributed by atoms with E-state index >= 15 is 0 Å². The van der Waals surface area contributed by atoms with Gasteiger partial charge in [-0.3, -0.25) is 15.0 Å². The molecule has 1 rings (SSSR count). The van der Waals surface area contributed by atoms with Crippen molar-refractivity contribution in [2.75, 3.05) is 19.6 Å². The van der Waals surface area contributed by atoms with E-state index in [1.165, 1.54) is 12.1 Å². The smallest absolute Gasteiger partial charge is 0.321 e. The maximum absolute atomic E-state index is 13.1. The fourth-order valence-electron chi connectivity index (χ4n) is 1.75. The van der Waals surface area contributed by atoms with Crippen LogP contribution in [0.5, 0.6) is 0 Å². The van der Waals surface area contributed by atoms with E-state index in [1.54, 1.807) is 19.1 Å². The molecule has 0 bridgehead atoms. The van der Waals surface area contributed by atoms with Crippen LogP contribution in [-0.2, 0) is 11.3 Å². The Morgan fingerprint density at radius 2 is 2.05 bits per heavy atom. The van der Waals surface area contributed by atoms with Gasteiger partial charge >= 0.3 is 6.03 Å². The molecule has 0 heterocycles. The molecule has 0 atom stereocenters. The van der Waals surface area contributed by atoms with E-state index < -0.39 is 6.03 Å². The fourth-order valence-corrected chi connectivity index (χ4v) is 1.75. The lowest BCUT2D eigenvalue weighted by atomic mass is 10.2. The molecule has 110 valence electrons. The molecule has 1 aromatic rings. The molecule has 0 aliphatic heterocycles. The number of likely N-dealkylation sites (N-methyl/N-ethyl adjacent to an activating group) is 1. The zero-order valence-electron chi connectivity index (χ0n) is 11.8. The second-order valence-corrected chi connectivity index (χ2v) is 4.34. The quantitative estimate of drug-likeness (QED) is 0.830. The van der Waals surface area contributed by atoms with Crippen LogP contribution in [0.15, 0.2) is 24.3 Å². The Morgan fingerprint density at radius 1 is 1.30 bits per heavy atom. The number of imide groups is 1. The molecule has 1 aromatic carbocycles. The number of benzene rings is 1. The van der Waals surface area contributed by atoms with Crippen LogP contribution in [-0.4, -0.2) is 36.5 Å². The van der Waals surface area contributed by atoms with Gasteiger partial charge in [-0.05, 0) is 31.2 Å². The zero-order valence-corrected chi connectivity index (χ0v) is 11.8. The minimum Gasteiger partial charge on any atom is -0.338 e. The predicted octanol–water partition coefficient (Wildman–Crippen LogP) is 1.49. The summed E-state index contributed by atoms with van der Waals surface area (Å²) in [5.41, 5.74) is 0.789. The monoisotopic (exact) mass is 281 g/mol. The van der Waals surface area contributed by atoms with E-state index in [1.807, 2.05) is 11.8 Å². The normalized spacial score (nSPS) is 10.4. The minimum absolute atomic E-state index is 0.0874. The number of hydrogen-bond donors (Lipinski definition) is 2. The first-order chi connectivity index (χ1) is 9.55. The highest BCUT2D eigenvalue weighted by atomic mass is 19.1. The third-order valence-corrected chi connectivity index (χ3v) is 2.70. The summed E-state index contributed by atoms with van der Waals surface area (Å²) in [5, 5.41) is 4.72. The third kappa shape index (κ3) is 5.79. The Morgan fingerprint density at radius 3 is 2.65 bits per heavy atom. The van der Waals surface area contributed by atoms with Crippen molar-refractivity contribution in [1.82, 2.24) is 15.5 Å². The Labute approximate surface area is 118 Å². The average Bonchev–Trinajstić information content (AvgIpc) is 2.38. The van der Waals surface area contributed by atoms with Crippen LogP contribution in [0.1, 0.15) is 19.4 Å². The first-order valence-corrected chi connectivity index (χ1v) is 6.59. The number of hydrogen-bond acceptors (Lipinski definition) is 3. The van der Waals surface area contributed by atoms with Gasteiger partial charge < -0.3 is 5.32 Å². The standard InChI is InChI=1S/C14H20FN3O2/c1-3-16-14(20)17-13(19)10-18(4-2)9-11-6-5-7-12(15)8-11/h5-8H,3-4,9-10H2,1-2H3,(H2,16,17,19,20). The first-order valence-electron chi connectivity index (χ1n) is 6.59. The van der Waals surface area contributed by atoms with Crippen LogP contribution < -0.4 is 10.6 Å².